The average Bonchev–Trinajstić information content (AvgIpc) is 2.68. The van der Waals surface area contributed by atoms with Crippen LogP contribution in [0.25, 0.3) is 0 Å². The van der Waals surface area contributed by atoms with Crippen molar-refractivity contribution in [2.45, 2.75) is 18.4 Å². The molecule has 134 valence electrons. The lowest BCUT2D eigenvalue weighted by atomic mass is 10.2. The third kappa shape index (κ3) is 4.56. The molecule has 0 atom stereocenters. The summed E-state index contributed by atoms with van der Waals surface area (Å²) in [5.41, 5.74) is 0.843. The Morgan fingerprint density at radius 1 is 1.04 bits per heavy atom. The Morgan fingerprint density at radius 3 is 2.36 bits per heavy atom. The van der Waals surface area contributed by atoms with Crippen molar-refractivity contribution < 1.29 is 8.42 Å². The molecule has 2 aromatic rings. The monoisotopic (exact) mass is 360 g/mol. The molecule has 1 N–H and O–H groups in total. The topological polar surface area (TPSA) is 65.5 Å². The molecule has 1 fully saturated rings. The van der Waals surface area contributed by atoms with Gasteiger partial charge in [-0.1, -0.05) is 31.2 Å². The van der Waals surface area contributed by atoms with Gasteiger partial charge >= 0.3 is 0 Å². The molecule has 2 heterocycles. The van der Waals surface area contributed by atoms with Crippen molar-refractivity contribution in [3.63, 3.8) is 0 Å². The molecule has 7 heteroatoms. The molecule has 0 amide bonds. The summed E-state index contributed by atoms with van der Waals surface area (Å²) < 4.78 is 27.1. The van der Waals surface area contributed by atoms with Crippen LogP contribution in [0.5, 0.6) is 0 Å². The standard InChI is InChI=1S/C18H24N4O2S/c1-2-21-10-12-22(13-11-21)18-9-8-16(14-19-18)15-20-25(23,24)17-6-4-3-5-7-17/h3-9,14,20H,2,10-13,15H2,1H3. The van der Waals surface area contributed by atoms with Crippen LogP contribution in [0, 0.1) is 0 Å². The first kappa shape index (κ1) is 17.8. The Bertz CT molecular complexity index is 770. The first-order valence-electron chi connectivity index (χ1n) is 8.55. The second-order valence-electron chi connectivity index (χ2n) is 6.08. The number of nitrogens with one attached hydrogen (secondary N) is 1. The largest absolute Gasteiger partial charge is 0.354 e. The molecule has 0 unspecified atom stereocenters. The molecule has 1 aliphatic rings. The molecule has 1 aromatic heterocycles. The van der Waals surface area contributed by atoms with Crippen LogP contribution in [0.2, 0.25) is 0 Å². The zero-order valence-corrected chi connectivity index (χ0v) is 15.2. The number of anilines is 1. The van der Waals surface area contributed by atoms with Gasteiger partial charge in [-0.25, -0.2) is 18.1 Å². The summed E-state index contributed by atoms with van der Waals surface area (Å²) in [5.74, 6) is 0.949. The molecule has 0 bridgehead atoms. The van der Waals surface area contributed by atoms with E-state index < -0.39 is 10.0 Å². The minimum atomic E-state index is -3.49. The van der Waals surface area contributed by atoms with Gasteiger partial charge in [0.05, 0.1) is 4.90 Å². The highest BCUT2D eigenvalue weighted by molar-refractivity contribution is 7.89. The van der Waals surface area contributed by atoms with Crippen LogP contribution in [-0.4, -0.2) is 51.0 Å². The molecule has 1 aromatic carbocycles. The Kier molecular flexibility index (Phi) is 5.67. The maximum atomic E-state index is 12.2. The lowest BCUT2D eigenvalue weighted by Gasteiger charge is -2.34. The zero-order valence-electron chi connectivity index (χ0n) is 14.4. The highest BCUT2D eigenvalue weighted by atomic mass is 32.2. The highest BCUT2D eigenvalue weighted by Gasteiger charge is 2.17. The van der Waals surface area contributed by atoms with Gasteiger partial charge in [0.2, 0.25) is 10.0 Å². The summed E-state index contributed by atoms with van der Waals surface area (Å²) >= 11 is 0. The van der Waals surface area contributed by atoms with Crippen molar-refractivity contribution >= 4 is 15.8 Å². The van der Waals surface area contributed by atoms with Gasteiger partial charge in [0.15, 0.2) is 0 Å². The van der Waals surface area contributed by atoms with Crippen molar-refractivity contribution in [2.24, 2.45) is 0 Å². The van der Waals surface area contributed by atoms with E-state index in [-0.39, 0.29) is 11.4 Å². The fourth-order valence-corrected chi connectivity index (χ4v) is 3.90. The molecule has 0 aliphatic carbocycles. The fourth-order valence-electron chi connectivity index (χ4n) is 2.86. The number of rotatable bonds is 6. The van der Waals surface area contributed by atoms with Gasteiger partial charge in [-0.05, 0) is 30.3 Å². The van der Waals surface area contributed by atoms with E-state index in [9.17, 15) is 8.42 Å². The van der Waals surface area contributed by atoms with Crippen molar-refractivity contribution in [3.8, 4) is 0 Å². The number of likely N-dealkylation sites (N-methyl/N-ethyl adjacent to an activating group) is 1. The third-order valence-electron chi connectivity index (χ3n) is 4.47. The molecule has 0 saturated carbocycles. The Morgan fingerprint density at radius 2 is 1.76 bits per heavy atom. The van der Waals surface area contributed by atoms with Crippen molar-refractivity contribution in [1.82, 2.24) is 14.6 Å². The second kappa shape index (κ2) is 7.95. The molecular weight excluding hydrogens is 336 g/mol. The van der Waals surface area contributed by atoms with Crippen LogP contribution in [0.3, 0.4) is 0 Å². The van der Waals surface area contributed by atoms with Gasteiger partial charge in [-0.15, -0.1) is 0 Å². The molecule has 3 rings (SSSR count). The number of pyridine rings is 1. The lowest BCUT2D eigenvalue weighted by molar-refractivity contribution is 0.270. The molecule has 1 saturated heterocycles. The van der Waals surface area contributed by atoms with E-state index in [1.165, 1.54) is 0 Å². The van der Waals surface area contributed by atoms with Crippen LogP contribution in [0.1, 0.15) is 12.5 Å². The second-order valence-corrected chi connectivity index (χ2v) is 7.85. The first-order valence-corrected chi connectivity index (χ1v) is 10.0. The fraction of sp³-hybridized carbons (Fsp3) is 0.389. The number of aromatic nitrogens is 1. The number of hydrogen-bond acceptors (Lipinski definition) is 5. The van der Waals surface area contributed by atoms with E-state index in [4.69, 9.17) is 0 Å². The molecule has 0 spiro atoms. The van der Waals surface area contributed by atoms with Crippen molar-refractivity contribution in [1.29, 1.82) is 0 Å². The smallest absolute Gasteiger partial charge is 0.240 e. The van der Waals surface area contributed by atoms with E-state index in [1.807, 2.05) is 12.1 Å². The Balaban J connectivity index is 1.58. The average molecular weight is 360 g/mol. The zero-order chi connectivity index (χ0) is 17.7. The molecular formula is C18H24N4O2S. The predicted octanol–water partition coefficient (Wildman–Crippen LogP) is 1.70. The summed E-state index contributed by atoms with van der Waals surface area (Å²) in [6.07, 6.45) is 1.75. The minimum Gasteiger partial charge on any atom is -0.354 e. The van der Waals surface area contributed by atoms with Crippen molar-refractivity contribution in [2.75, 3.05) is 37.6 Å². The van der Waals surface area contributed by atoms with E-state index in [0.717, 1.165) is 44.1 Å². The molecule has 1 aliphatic heterocycles. The van der Waals surface area contributed by atoms with Gasteiger partial charge in [-0.3, -0.25) is 0 Å². The number of benzene rings is 1. The van der Waals surface area contributed by atoms with Crippen molar-refractivity contribution in [3.05, 3.63) is 54.2 Å². The quantitative estimate of drug-likeness (QED) is 0.849. The first-order chi connectivity index (χ1) is 12.1. The molecule has 0 radical (unpaired) electrons. The maximum absolute atomic E-state index is 12.2. The van der Waals surface area contributed by atoms with E-state index in [2.05, 4.69) is 26.4 Å². The van der Waals surface area contributed by atoms with Gasteiger partial charge in [0.25, 0.3) is 0 Å². The van der Waals surface area contributed by atoms with Gasteiger partial charge in [-0.2, -0.15) is 0 Å². The van der Waals surface area contributed by atoms with Crippen LogP contribution in [0.4, 0.5) is 5.82 Å². The van der Waals surface area contributed by atoms with Crippen LogP contribution in [0.15, 0.2) is 53.6 Å². The molecule has 6 nitrogen and oxygen atoms in total. The summed E-state index contributed by atoms with van der Waals surface area (Å²) in [4.78, 5) is 9.46. The minimum absolute atomic E-state index is 0.230. The highest BCUT2D eigenvalue weighted by Crippen LogP contribution is 2.15. The van der Waals surface area contributed by atoms with Gasteiger partial charge < -0.3 is 9.80 Å². The predicted molar refractivity (Wildman–Crippen MR) is 99.0 cm³/mol. The third-order valence-corrected chi connectivity index (χ3v) is 5.89. The van der Waals surface area contributed by atoms with Crippen LogP contribution >= 0.6 is 0 Å². The van der Waals surface area contributed by atoms with Gasteiger partial charge in [0.1, 0.15) is 5.82 Å². The van der Waals surface area contributed by atoms with Crippen LogP contribution < -0.4 is 9.62 Å². The van der Waals surface area contributed by atoms with Crippen LogP contribution in [-0.2, 0) is 16.6 Å². The summed E-state index contributed by atoms with van der Waals surface area (Å²) in [5, 5.41) is 0. The number of hydrogen-bond donors (Lipinski definition) is 1. The summed E-state index contributed by atoms with van der Waals surface area (Å²) in [7, 11) is -3.49. The number of sulfonamides is 1. The Labute approximate surface area is 149 Å². The van der Waals surface area contributed by atoms with E-state index in [0.29, 0.717) is 0 Å². The normalized spacial score (nSPS) is 16.1. The lowest BCUT2D eigenvalue weighted by Crippen LogP contribution is -2.46. The van der Waals surface area contributed by atoms with Gasteiger partial charge in [0, 0.05) is 38.9 Å². The Hall–Kier alpha value is -1.96. The summed E-state index contributed by atoms with van der Waals surface area (Å²) in [6.45, 7) is 7.55. The van der Waals surface area contributed by atoms with E-state index in [1.54, 1.807) is 36.5 Å². The number of nitrogens with zero attached hydrogens (tertiary/aromatic N) is 3. The summed E-state index contributed by atoms with van der Waals surface area (Å²) in [6, 6.07) is 12.3. The number of piperazine rings is 1. The maximum Gasteiger partial charge on any atom is 0.240 e. The SMILES string of the molecule is CCN1CCN(c2ccc(CNS(=O)(=O)c3ccccc3)cn2)CC1. The molecule has 25 heavy (non-hydrogen) atoms. The van der Waals surface area contributed by atoms with E-state index >= 15 is 0 Å².